The van der Waals surface area contributed by atoms with Crippen LogP contribution in [0.15, 0.2) is 43.0 Å². The van der Waals surface area contributed by atoms with E-state index in [0.29, 0.717) is 5.56 Å². The second kappa shape index (κ2) is 5.64. The van der Waals surface area contributed by atoms with E-state index in [4.69, 9.17) is 4.74 Å². The number of carbonyl (C=O) groups is 1. The van der Waals surface area contributed by atoms with Crippen molar-refractivity contribution in [2.45, 2.75) is 19.4 Å². The molecule has 1 rings (SSSR count). The van der Waals surface area contributed by atoms with Crippen LogP contribution in [-0.4, -0.2) is 17.7 Å². The van der Waals surface area contributed by atoms with Gasteiger partial charge in [-0.15, -0.1) is 6.58 Å². The number of aliphatic carboxylic acids is 1. The van der Waals surface area contributed by atoms with Gasteiger partial charge in [-0.3, -0.25) is 0 Å². The Bertz CT molecular complexity index is 384. The summed E-state index contributed by atoms with van der Waals surface area (Å²) >= 11 is 0. The molecular formula is C14H18O3. The lowest BCUT2D eigenvalue weighted by atomic mass is 9.83. The van der Waals surface area contributed by atoms with Gasteiger partial charge in [0.15, 0.2) is 5.60 Å². The molecule has 1 aromatic rings. The van der Waals surface area contributed by atoms with Gasteiger partial charge in [0.2, 0.25) is 0 Å². The summed E-state index contributed by atoms with van der Waals surface area (Å²) in [6, 6.07) is 9.03. The Kier molecular flexibility index (Phi) is 4.46. The predicted molar refractivity (Wildman–Crippen MR) is 66.7 cm³/mol. The van der Waals surface area contributed by atoms with Gasteiger partial charge in [-0.2, -0.15) is 0 Å². The zero-order valence-corrected chi connectivity index (χ0v) is 10.2. The summed E-state index contributed by atoms with van der Waals surface area (Å²) in [5.74, 6) is -1.15. The lowest BCUT2D eigenvalue weighted by Gasteiger charge is -2.33. The molecule has 0 saturated carbocycles. The Hall–Kier alpha value is -1.61. The Labute approximate surface area is 102 Å². The molecule has 1 atom stereocenters. The summed E-state index contributed by atoms with van der Waals surface area (Å²) in [5, 5.41) is 9.51. The van der Waals surface area contributed by atoms with E-state index in [0.717, 1.165) is 0 Å². The van der Waals surface area contributed by atoms with Crippen molar-refractivity contribution in [3.8, 4) is 0 Å². The molecule has 92 valence electrons. The normalized spacial score (nSPS) is 14.3. The third kappa shape index (κ3) is 2.56. The molecule has 1 N–H and O–H groups in total. The van der Waals surface area contributed by atoms with Gasteiger partial charge in [0.1, 0.15) is 0 Å². The van der Waals surface area contributed by atoms with Crippen LogP contribution in [0.5, 0.6) is 0 Å². The van der Waals surface area contributed by atoms with Crippen LogP contribution in [-0.2, 0) is 15.1 Å². The predicted octanol–water partition coefficient (Wildman–Crippen LogP) is 2.83. The molecule has 0 spiro atoms. The molecule has 0 aliphatic rings. The second-order valence-corrected chi connectivity index (χ2v) is 4.16. The molecule has 0 saturated heterocycles. The number of hydrogen-bond donors (Lipinski definition) is 1. The van der Waals surface area contributed by atoms with Gasteiger partial charge >= 0.3 is 5.97 Å². The van der Waals surface area contributed by atoms with Crippen LogP contribution in [0.3, 0.4) is 0 Å². The average Bonchev–Trinajstić information content (AvgIpc) is 2.30. The summed E-state index contributed by atoms with van der Waals surface area (Å²) in [4.78, 5) is 11.6. The minimum Gasteiger partial charge on any atom is -0.479 e. The molecule has 0 bridgehead atoms. The summed E-state index contributed by atoms with van der Waals surface area (Å²) < 4.78 is 5.57. The van der Waals surface area contributed by atoms with Gasteiger partial charge < -0.3 is 9.84 Å². The molecule has 0 radical (unpaired) electrons. The maximum atomic E-state index is 11.6. The second-order valence-electron chi connectivity index (χ2n) is 4.16. The van der Waals surface area contributed by atoms with Crippen LogP contribution in [0.25, 0.3) is 0 Å². The standard InChI is InChI=1S/C14H18O3/c1-4-10-17-14(11(2)3,13(15)16)12-8-6-5-7-9-12/h4-9,11H,1,10H2,2-3H3,(H,15,16). The van der Waals surface area contributed by atoms with Gasteiger partial charge in [0.25, 0.3) is 0 Å². The Balaban J connectivity index is 3.24. The van der Waals surface area contributed by atoms with Gasteiger partial charge in [0, 0.05) is 0 Å². The highest BCUT2D eigenvalue weighted by Crippen LogP contribution is 2.34. The number of ether oxygens (including phenoxy) is 1. The van der Waals surface area contributed by atoms with E-state index in [9.17, 15) is 9.90 Å². The first-order chi connectivity index (χ1) is 8.05. The van der Waals surface area contributed by atoms with Crippen molar-refractivity contribution in [1.82, 2.24) is 0 Å². The highest BCUT2D eigenvalue weighted by molar-refractivity contribution is 5.79. The molecule has 1 unspecified atom stereocenters. The van der Waals surface area contributed by atoms with E-state index in [1.165, 1.54) is 0 Å². The third-order valence-corrected chi connectivity index (χ3v) is 2.76. The zero-order valence-electron chi connectivity index (χ0n) is 10.2. The fourth-order valence-electron chi connectivity index (χ4n) is 1.89. The monoisotopic (exact) mass is 234 g/mol. The van der Waals surface area contributed by atoms with Gasteiger partial charge in [-0.1, -0.05) is 50.3 Å². The van der Waals surface area contributed by atoms with E-state index < -0.39 is 11.6 Å². The van der Waals surface area contributed by atoms with Crippen LogP contribution in [0.1, 0.15) is 19.4 Å². The van der Waals surface area contributed by atoms with Crippen LogP contribution in [0.4, 0.5) is 0 Å². The highest BCUT2D eigenvalue weighted by Gasteiger charge is 2.44. The molecule has 0 aromatic heterocycles. The number of carboxylic acid groups (broad SMARTS) is 1. The van der Waals surface area contributed by atoms with Crippen molar-refractivity contribution < 1.29 is 14.6 Å². The molecule has 3 heteroatoms. The van der Waals surface area contributed by atoms with E-state index in [1.807, 2.05) is 32.0 Å². The van der Waals surface area contributed by atoms with Crippen molar-refractivity contribution in [2.75, 3.05) is 6.61 Å². The quantitative estimate of drug-likeness (QED) is 0.770. The van der Waals surface area contributed by atoms with E-state index in [1.54, 1.807) is 18.2 Å². The summed E-state index contributed by atoms with van der Waals surface area (Å²) in [6.07, 6.45) is 1.56. The first kappa shape index (κ1) is 13.5. The van der Waals surface area contributed by atoms with E-state index >= 15 is 0 Å². The first-order valence-electron chi connectivity index (χ1n) is 5.59. The molecule has 0 aliphatic heterocycles. The lowest BCUT2D eigenvalue weighted by Crippen LogP contribution is -2.43. The maximum absolute atomic E-state index is 11.6. The largest absolute Gasteiger partial charge is 0.479 e. The molecule has 17 heavy (non-hydrogen) atoms. The molecular weight excluding hydrogens is 216 g/mol. The third-order valence-electron chi connectivity index (χ3n) is 2.76. The van der Waals surface area contributed by atoms with Crippen molar-refractivity contribution >= 4 is 5.97 Å². The Morgan fingerprint density at radius 3 is 2.47 bits per heavy atom. The summed E-state index contributed by atoms with van der Waals surface area (Å²) in [5.41, 5.74) is -0.653. The van der Waals surface area contributed by atoms with Crippen molar-refractivity contribution in [1.29, 1.82) is 0 Å². The Morgan fingerprint density at radius 2 is 2.06 bits per heavy atom. The van der Waals surface area contributed by atoms with Crippen LogP contribution >= 0.6 is 0 Å². The fraction of sp³-hybridized carbons (Fsp3) is 0.357. The minimum atomic E-state index is -1.31. The van der Waals surface area contributed by atoms with Gasteiger partial charge in [0.05, 0.1) is 6.61 Å². The fourth-order valence-corrected chi connectivity index (χ4v) is 1.89. The SMILES string of the molecule is C=CCOC(C(=O)O)(c1ccccc1)C(C)C. The highest BCUT2D eigenvalue weighted by atomic mass is 16.5. The maximum Gasteiger partial charge on any atom is 0.340 e. The topological polar surface area (TPSA) is 46.5 Å². The van der Waals surface area contributed by atoms with Crippen molar-refractivity contribution in [3.63, 3.8) is 0 Å². The van der Waals surface area contributed by atoms with E-state index in [2.05, 4.69) is 6.58 Å². The van der Waals surface area contributed by atoms with Crippen molar-refractivity contribution in [2.24, 2.45) is 5.92 Å². The lowest BCUT2D eigenvalue weighted by molar-refractivity contribution is -0.173. The molecule has 0 fully saturated rings. The molecule has 1 aromatic carbocycles. The van der Waals surface area contributed by atoms with Crippen LogP contribution < -0.4 is 0 Å². The first-order valence-corrected chi connectivity index (χ1v) is 5.59. The van der Waals surface area contributed by atoms with Crippen LogP contribution in [0.2, 0.25) is 0 Å². The molecule has 0 heterocycles. The number of benzene rings is 1. The number of rotatable bonds is 6. The minimum absolute atomic E-state index is 0.178. The van der Waals surface area contributed by atoms with Gasteiger partial charge in [-0.05, 0) is 11.5 Å². The average molecular weight is 234 g/mol. The van der Waals surface area contributed by atoms with Crippen LogP contribution in [0, 0.1) is 5.92 Å². The number of carboxylic acids is 1. The smallest absolute Gasteiger partial charge is 0.340 e. The van der Waals surface area contributed by atoms with E-state index in [-0.39, 0.29) is 12.5 Å². The molecule has 0 aliphatic carbocycles. The molecule has 3 nitrogen and oxygen atoms in total. The molecule has 0 amide bonds. The van der Waals surface area contributed by atoms with Crippen molar-refractivity contribution in [3.05, 3.63) is 48.6 Å². The van der Waals surface area contributed by atoms with Gasteiger partial charge in [-0.25, -0.2) is 4.79 Å². The summed E-state index contributed by atoms with van der Waals surface area (Å²) in [6.45, 7) is 7.44. The Morgan fingerprint density at radius 1 is 1.47 bits per heavy atom. The zero-order chi connectivity index (χ0) is 12.9. The number of hydrogen-bond acceptors (Lipinski definition) is 2. The summed E-state index contributed by atoms with van der Waals surface area (Å²) in [7, 11) is 0.